The molecule has 0 amide bonds. The van der Waals surface area contributed by atoms with Gasteiger partial charge in [0, 0.05) is 18.3 Å². The van der Waals surface area contributed by atoms with Crippen LogP contribution < -0.4 is 0 Å². The molecule has 5 nitrogen and oxygen atoms in total. The minimum Gasteiger partial charge on any atom is -0.481 e. The Morgan fingerprint density at radius 2 is 1.93 bits per heavy atom. The number of hydrogen-bond acceptors (Lipinski definition) is 4. The summed E-state index contributed by atoms with van der Waals surface area (Å²) in [7, 11) is 0. The fourth-order valence-electron chi connectivity index (χ4n) is 7.02. The van der Waals surface area contributed by atoms with Gasteiger partial charge in [-0.2, -0.15) is 0 Å². The van der Waals surface area contributed by atoms with Crippen LogP contribution in [0.3, 0.4) is 0 Å². The molecule has 152 valence electrons. The van der Waals surface area contributed by atoms with Gasteiger partial charge in [0.2, 0.25) is 0 Å². The van der Waals surface area contributed by atoms with Gasteiger partial charge in [0.25, 0.3) is 0 Å². The number of fused-ring (bicyclic) bond motifs is 2. The first-order chi connectivity index (χ1) is 12.5. The molecule has 0 aromatic heterocycles. The fraction of sp³-hybridized carbons (Fsp3) is 0.818. The van der Waals surface area contributed by atoms with Crippen LogP contribution in [0, 0.1) is 28.6 Å². The minimum absolute atomic E-state index is 0.0290. The summed E-state index contributed by atoms with van der Waals surface area (Å²) in [5, 5.41) is 30.6. The number of ketones is 1. The first kappa shape index (κ1) is 20.5. The van der Waals surface area contributed by atoms with Crippen LogP contribution >= 0.6 is 0 Å². The van der Waals surface area contributed by atoms with E-state index in [0.717, 1.165) is 25.7 Å². The number of aliphatic hydroxyl groups is 2. The van der Waals surface area contributed by atoms with Gasteiger partial charge in [-0.1, -0.05) is 25.0 Å². The van der Waals surface area contributed by atoms with E-state index in [0.29, 0.717) is 12.8 Å². The van der Waals surface area contributed by atoms with Crippen molar-refractivity contribution in [2.75, 3.05) is 0 Å². The van der Waals surface area contributed by atoms with Crippen LogP contribution in [-0.4, -0.2) is 39.3 Å². The van der Waals surface area contributed by atoms with Crippen molar-refractivity contribution in [1.82, 2.24) is 0 Å². The van der Waals surface area contributed by atoms with Crippen LogP contribution in [0.4, 0.5) is 0 Å². The second-order valence-corrected chi connectivity index (χ2v) is 9.65. The summed E-state index contributed by atoms with van der Waals surface area (Å²) in [5.74, 6) is -0.584. The molecule has 3 rings (SSSR count). The average molecular weight is 379 g/mol. The van der Waals surface area contributed by atoms with E-state index < -0.39 is 23.6 Å². The van der Waals surface area contributed by atoms with Crippen molar-refractivity contribution in [3.63, 3.8) is 0 Å². The lowest BCUT2D eigenvalue weighted by molar-refractivity contribution is -0.138. The molecule has 1 saturated carbocycles. The van der Waals surface area contributed by atoms with Crippen LogP contribution in [0.1, 0.15) is 72.6 Å². The standard InChI is InChI=1S/C22H34O5/c1-12(23)15-5-6-16-14-11-18(25)20(13(2)24)22(4,10-8-19(26)27)17(14)7-9-21(15,16)3/h13,15-16,18,20,24-25H,5-11H2,1-4H3,(H,26,27). The molecule has 1 fully saturated rings. The van der Waals surface area contributed by atoms with Gasteiger partial charge in [-0.15, -0.1) is 0 Å². The van der Waals surface area contributed by atoms with Gasteiger partial charge in [0.1, 0.15) is 5.78 Å². The van der Waals surface area contributed by atoms with Crippen molar-refractivity contribution >= 4 is 11.8 Å². The van der Waals surface area contributed by atoms with Crippen molar-refractivity contribution in [2.45, 2.75) is 84.8 Å². The normalized spacial score (nSPS) is 42.4. The molecule has 0 saturated heterocycles. The largest absolute Gasteiger partial charge is 0.481 e. The SMILES string of the molecule is CC(=O)C1CCC2C3=C(CCC12C)C(C)(CCC(=O)O)C(C(C)O)C(O)C3. The maximum Gasteiger partial charge on any atom is 0.303 e. The van der Waals surface area contributed by atoms with Crippen LogP contribution in [0.2, 0.25) is 0 Å². The van der Waals surface area contributed by atoms with E-state index in [-0.39, 0.29) is 35.4 Å². The molecule has 3 N–H and O–H groups in total. The molecule has 0 heterocycles. The van der Waals surface area contributed by atoms with Gasteiger partial charge in [0.15, 0.2) is 0 Å². The molecule has 3 aliphatic carbocycles. The van der Waals surface area contributed by atoms with Crippen molar-refractivity contribution in [1.29, 1.82) is 0 Å². The van der Waals surface area contributed by atoms with E-state index >= 15 is 0 Å². The number of allylic oxidation sites excluding steroid dienone is 1. The molecule has 0 aromatic rings. The topological polar surface area (TPSA) is 94.8 Å². The lowest BCUT2D eigenvalue weighted by atomic mass is 9.51. The smallest absolute Gasteiger partial charge is 0.303 e. The van der Waals surface area contributed by atoms with Gasteiger partial charge >= 0.3 is 5.97 Å². The highest BCUT2D eigenvalue weighted by atomic mass is 16.4. The fourth-order valence-corrected chi connectivity index (χ4v) is 7.02. The molecular formula is C22H34O5. The predicted molar refractivity (Wildman–Crippen MR) is 102 cm³/mol. The Bertz CT molecular complexity index is 666. The summed E-state index contributed by atoms with van der Waals surface area (Å²) in [6, 6.07) is 0. The van der Waals surface area contributed by atoms with Crippen molar-refractivity contribution in [3.8, 4) is 0 Å². The molecular weight excluding hydrogens is 344 g/mol. The zero-order chi connectivity index (χ0) is 20.1. The lowest BCUT2D eigenvalue weighted by Crippen LogP contribution is -2.51. The highest BCUT2D eigenvalue weighted by Gasteiger charge is 2.57. The minimum atomic E-state index is -0.846. The molecule has 0 aliphatic heterocycles. The molecule has 0 radical (unpaired) electrons. The van der Waals surface area contributed by atoms with E-state index in [9.17, 15) is 24.9 Å². The van der Waals surface area contributed by atoms with E-state index in [4.69, 9.17) is 0 Å². The number of Topliss-reactive ketones (excluding diaryl/α,β-unsaturated/α-hetero) is 1. The highest BCUT2D eigenvalue weighted by Crippen LogP contribution is 2.63. The van der Waals surface area contributed by atoms with Gasteiger partial charge < -0.3 is 15.3 Å². The Balaban J connectivity index is 2.06. The third-order valence-corrected chi connectivity index (χ3v) is 8.20. The average Bonchev–Trinajstić information content (AvgIpc) is 2.90. The van der Waals surface area contributed by atoms with Gasteiger partial charge in [-0.25, -0.2) is 0 Å². The summed E-state index contributed by atoms with van der Waals surface area (Å²) >= 11 is 0. The number of carbonyl (C=O) groups is 2. The number of carbonyl (C=O) groups excluding carboxylic acids is 1. The molecule has 0 aromatic carbocycles. The Labute approximate surface area is 161 Å². The summed E-state index contributed by atoms with van der Waals surface area (Å²) in [4.78, 5) is 23.5. The molecule has 5 heteroatoms. The van der Waals surface area contributed by atoms with E-state index in [1.54, 1.807) is 13.8 Å². The Hall–Kier alpha value is -1.20. The highest BCUT2D eigenvalue weighted by molar-refractivity contribution is 5.79. The van der Waals surface area contributed by atoms with E-state index in [2.05, 4.69) is 6.92 Å². The molecule has 27 heavy (non-hydrogen) atoms. The van der Waals surface area contributed by atoms with Crippen LogP contribution in [0.25, 0.3) is 0 Å². The monoisotopic (exact) mass is 378 g/mol. The first-order valence-corrected chi connectivity index (χ1v) is 10.3. The number of aliphatic carboxylic acids is 1. The van der Waals surface area contributed by atoms with Gasteiger partial charge in [-0.3, -0.25) is 9.59 Å². The molecule has 3 aliphatic rings. The summed E-state index contributed by atoms with van der Waals surface area (Å²) in [6.45, 7) is 7.65. The molecule has 0 spiro atoms. The maximum absolute atomic E-state index is 12.2. The van der Waals surface area contributed by atoms with Crippen LogP contribution in [-0.2, 0) is 9.59 Å². The van der Waals surface area contributed by atoms with Crippen LogP contribution in [0.5, 0.6) is 0 Å². The Kier molecular flexibility index (Phi) is 5.32. The number of rotatable bonds is 5. The second kappa shape index (κ2) is 7.00. The molecule has 7 atom stereocenters. The quantitative estimate of drug-likeness (QED) is 0.638. The summed E-state index contributed by atoms with van der Waals surface area (Å²) in [6.07, 6.45) is 3.23. The Morgan fingerprint density at radius 3 is 2.48 bits per heavy atom. The van der Waals surface area contributed by atoms with Gasteiger partial charge in [-0.05, 0) is 69.1 Å². The number of hydrogen-bond donors (Lipinski definition) is 3. The zero-order valence-electron chi connectivity index (χ0n) is 17.0. The molecule has 7 unspecified atom stereocenters. The third-order valence-electron chi connectivity index (χ3n) is 8.20. The van der Waals surface area contributed by atoms with E-state index in [1.165, 1.54) is 11.1 Å². The number of aliphatic hydroxyl groups excluding tert-OH is 2. The van der Waals surface area contributed by atoms with E-state index in [1.807, 2.05) is 6.92 Å². The third kappa shape index (κ3) is 3.17. The second-order valence-electron chi connectivity index (χ2n) is 9.65. The lowest BCUT2D eigenvalue weighted by Gasteiger charge is -2.54. The van der Waals surface area contributed by atoms with Crippen LogP contribution in [0.15, 0.2) is 11.1 Å². The Morgan fingerprint density at radius 1 is 1.26 bits per heavy atom. The summed E-state index contributed by atoms with van der Waals surface area (Å²) < 4.78 is 0. The van der Waals surface area contributed by atoms with Crippen molar-refractivity contribution in [3.05, 3.63) is 11.1 Å². The zero-order valence-corrected chi connectivity index (χ0v) is 17.0. The number of carboxylic acid groups (broad SMARTS) is 1. The maximum atomic E-state index is 12.2. The predicted octanol–water partition coefficient (Wildman–Crippen LogP) is 3.33. The molecule has 0 bridgehead atoms. The summed E-state index contributed by atoms with van der Waals surface area (Å²) in [5.41, 5.74) is 1.93. The van der Waals surface area contributed by atoms with Gasteiger partial charge in [0.05, 0.1) is 12.2 Å². The van der Waals surface area contributed by atoms with Crippen molar-refractivity contribution in [2.24, 2.45) is 28.6 Å². The van der Waals surface area contributed by atoms with Crippen molar-refractivity contribution < 1.29 is 24.9 Å². The number of carboxylic acids is 1. The first-order valence-electron chi connectivity index (χ1n) is 10.3.